The second-order valence-electron chi connectivity index (χ2n) is 8.42. The first kappa shape index (κ1) is 29.8. The van der Waals surface area contributed by atoms with Gasteiger partial charge < -0.3 is 16.0 Å². The van der Waals surface area contributed by atoms with E-state index in [1.165, 1.54) is 18.3 Å². The van der Waals surface area contributed by atoms with E-state index in [1.54, 1.807) is 14.0 Å². The van der Waals surface area contributed by atoms with Crippen molar-refractivity contribution in [2.24, 2.45) is 0 Å². The molecule has 0 unspecified atom stereocenters. The van der Waals surface area contributed by atoms with Crippen molar-refractivity contribution in [2.45, 2.75) is 33.5 Å². The highest BCUT2D eigenvalue weighted by Gasteiger charge is 2.34. The first-order valence-corrected chi connectivity index (χ1v) is 13.0. The van der Waals surface area contributed by atoms with Crippen LogP contribution in [0.1, 0.15) is 36.2 Å². The molecule has 0 bridgehead atoms. The molecule has 39 heavy (non-hydrogen) atoms. The quantitative estimate of drug-likeness (QED) is 0.243. The van der Waals surface area contributed by atoms with Crippen molar-refractivity contribution in [2.75, 3.05) is 49.2 Å². The molecule has 2 aromatic heterocycles. The largest absolute Gasteiger partial charge is 0.416 e. The van der Waals surface area contributed by atoms with E-state index in [4.69, 9.17) is 0 Å². The topological polar surface area (TPSA) is 131 Å². The van der Waals surface area contributed by atoms with Crippen LogP contribution in [-0.2, 0) is 12.7 Å². The smallest absolute Gasteiger partial charge is 0.357 e. The Kier molecular flexibility index (Phi) is 10.2. The Labute approximate surface area is 228 Å². The van der Waals surface area contributed by atoms with Crippen molar-refractivity contribution >= 4 is 34.1 Å². The number of amides is 2. The second-order valence-corrected chi connectivity index (χ2v) is 9.42. The molecule has 0 aliphatic carbocycles. The summed E-state index contributed by atoms with van der Waals surface area (Å²) in [6.07, 6.45) is -3.20. The van der Waals surface area contributed by atoms with Gasteiger partial charge in [0.25, 0.3) is 0 Å². The van der Waals surface area contributed by atoms with Gasteiger partial charge in [-0.3, -0.25) is 10.2 Å². The van der Waals surface area contributed by atoms with Crippen molar-refractivity contribution < 1.29 is 18.0 Å². The van der Waals surface area contributed by atoms with E-state index in [0.717, 1.165) is 23.9 Å². The normalized spacial score (nSPS) is 11.4. The van der Waals surface area contributed by atoms with E-state index in [2.05, 4.69) is 36.2 Å². The van der Waals surface area contributed by atoms with Crippen molar-refractivity contribution in [1.82, 2.24) is 25.2 Å². The number of halogens is 3. The van der Waals surface area contributed by atoms with Crippen molar-refractivity contribution in [3.8, 4) is 16.6 Å². The Balaban J connectivity index is 1.77. The van der Waals surface area contributed by atoms with Crippen molar-refractivity contribution in [1.29, 1.82) is 5.26 Å². The molecular formula is C25H30F3N9OS. The Morgan fingerprint density at radius 1 is 1.21 bits per heavy atom. The number of benzene rings is 1. The van der Waals surface area contributed by atoms with Gasteiger partial charge in [0.15, 0.2) is 5.13 Å². The van der Waals surface area contributed by atoms with Crippen LogP contribution in [0, 0.1) is 18.3 Å². The third-order valence-corrected chi connectivity index (χ3v) is 6.81. The number of urea groups is 1. The summed E-state index contributed by atoms with van der Waals surface area (Å²) >= 11 is 1.08. The molecular weight excluding hydrogens is 531 g/mol. The molecule has 0 saturated carbocycles. The fourth-order valence-electron chi connectivity index (χ4n) is 3.75. The fraction of sp³-hybridized carbons (Fsp3) is 0.400. The Morgan fingerprint density at radius 2 is 1.97 bits per heavy atom. The number of carbonyl (C=O) groups is 1. The number of aromatic nitrogens is 3. The summed E-state index contributed by atoms with van der Waals surface area (Å²) in [7, 11) is 1.64. The van der Waals surface area contributed by atoms with E-state index in [1.807, 2.05) is 24.8 Å². The van der Waals surface area contributed by atoms with Gasteiger partial charge in [-0.1, -0.05) is 31.3 Å². The van der Waals surface area contributed by atoms with Gasteiger partial charge in [0, 0.05) is 32.4 Å². The zero-order chi connectivity index (χ0) is 28.6. The zero-order valence-electron chi connectivity index (χ0n) is 22.0. The minimum Gasteiger partial charge on any atom is -0.357 e. The van der Waals surface area contributed by atoms with Gasteiger partial charge in [-0.15, -0.1) is 0 Å². The summed E-state index contributed by atoms with van der Waals surface area (Å²) in [6, 6.07) is 5.05. The van der Waals surface area contributed by atoms with Crippen LogP contribution in [-0.4, -0.2) is 59.1 Å². The minimum atomic E-state index is -4.59. The Morgan fingerprint density at radius 3 is 2.62 bits per heavy atom. The maximum absolute atomic E-state index is 13.9. The molecule has 1 aromatic carbocycles. The standard InChI is InChI=1S/C25H30F3N9OS/c1-5-31-9-10-37(6-2)14-16-7-8-18(11-19(16)25(26,27)28)34-23(38)36-24-33-15(3)21(39-24)20-17(12-29)13-32-22(30-4)35-20/h7-8,11,13,31H,5-6,9-10,14H2,1-4H3,(H,30,32,35)(H2,33,34,36,38). The predicted octanol–water partition coefficient (Wildman–Crippen LogP) is 4.92. The molecule has 0 atom stereocenters. The van der Waals surface area contributed by atoms with E-state index < -0.39 is 17.8 Å². The molecule has 14 heteroatoms. The van der Waals surface area contributed by atoms with Gasteiger partial charge in [-0.2, -0.15) is 18.4 Å². The maximum Gasteiger partial charge on any atom is 0.416 e. The number of nitrogens with one attached hydrogen (secondary N) is 4. The zero-order valence-corrected chi connectivity index (χ0v) is 22.8. The van der Waals surface area contributed by atoms with Gasteiger partial charge in [0.1, 0.15) is 11.8 Å². The number of hydrogen-bond donors (Lipinski definition) is 4. The van der Waals surface area contributed by atoms with Gasteiger partial charge in [0.2, 0.25) is 5.95 Å². The number of hydrogen-bond acceptors (Lipinski definition) is 9. The highest BCUT2D eigenvalue weighted by molar-refractivity contribution is 7.19. The molecule has 2 heterocycles. The molecule has 4 N–H and O–H groups in total. The molecule has 0 fully saturated rings. The minimum absolute atomic E-state index is 0.00555. The molecule has 0 saturated heterocycles. The monoisotopic (exact) mass is 561 g/mol. The van der Waals surface area contributed by atoms with Crippen LogP contribution in [0.15, 0.2) is 24.4 Å². The van der Waals surface area contributed by atoms with Crippen molar-refractivity contribution in [3.05, 3.63) is 46.8 Å². The van der Waals surface area contributed by atoms with E-state index in [-0.39, 0.29) is 28.5 Å². The average Bonchev–Trinajstić information content (AvgIpc) is 3.26. The number of nitrogens with zero attached hydrogens (tertiary/aromatic N) is 5. The second kappa shape index (κ2) is 13.3. The van der Waals surface area contributed by atoms with Gasteiger partial charge in [0.05, 0.1) is 27.9 Å². The lowest BCUT2D eigenvalue weighted by Crippen LogP contribution is -2.32. The van der Waals surface area contributed by atoms with Crippen LogP contribution in [0.2, 0.25) is 0 Å². The molecule has 0 radical (unpaired) electrons. The van der Waals surface area contributed by atoms with Crippen LogP contribution >= 0.6 is 11.3 Å². The van der Waals surface area contributed by atoms with E-state index >= 15 is 0 Å². The molecule has 208 valence electrons. The third-order valence-electron chi connectivity index (χ3n) is 5.73. The summed E-state index contributed by atoms with van der Waals surface area (Å²) in [5.74, 6) is 0.313. The molecule has 3 aromatic rings. The number of carbonyl (C=O) groups excluding carboxylic acids is 1. The number of anilines is 3. The maximum atomic E-state index is 13.9. The van der Waals surface area contributed by atoms with Gasteiger partial charge >= 0.3 is 12.2 Å². The number of aryl methyl sites for hydroxylation is 1. The molecule has 0 spiro atoms. The molecule has 10 nitrogen and oxygen atoms in total. The highest BCUT2D eigenvalue weighted by Crippen LogP contribution is 2.35. The van der Waals surface area contributed by atoms with Crippen LogP contribution in [0.3, 0.4) is 0 Å². The lowest BCUT2D eigenvalue weighted by molar-refractivity contribution is -0.138. The Bertz CT molecular complexity index is 1340. The molecule has 2 amide bonds. The number of thiazole rings is 1. The SMILES string of the molecule is CCNCCN(CC)Cc1ccc(NC(=O)Nc2nc(C)c(-c3nc(NC)ncc3C#N)s2)cc1C(F)(F)F. The number of likely N-dealkylation sites (N-methyl/N-ethyl adjacent to an activating group) is 2. The van der Waals surface area contributed by atoms with E-state index in [0.29, 0.717) is 41.8 Å². The van der Waals surface area contributed by atoms with Crippen LogP contribution < -0.4 is 21.3 Å². The lowest BCUT2D eigenvalue weighted by Gasteiger charge is -2.23. The fourth-order valence-corrected chi connectivity index (χ4v) is 4.71. The number of rotatable bonds is 11. The van der Waals surface area contributed by atoms with Gasteiger partial charge in [-0.25, -0.2) is 19.7 Å². The average molecular weight is 562 g/mol. The van der Waals surface area contributed by atoms with Crippen LogP contribution in [0.25, 0.3) is 10.6 Å². The van der Waals surface area contributed by atoms with Crippen LogP contribution in [0.4, 0.5) is 34.7 Å². The van der Waals surface area contributed by atoms with Crippen LogP contribution in [0.5, 0.6) is 0 Å². The number of alkyl halides is 3. The summed E-state index contributed by atoms with van der Waals surface area (Å²) in [5.41, 5.74) is 0.436. The first-order valence-electron chi connectivity index (χ1n) is 12.2. The predicted molar refractivity (Wildman–Crippen MR) is 146 cm³/mol. The summed E-state index contributed by atoms with van der Waals surface area (Å²) in [6.45, 7) is 8.37. The van der Waals surface area contributed by atoms with Gasteiger partial charge in [-0.05, 0) is 37.7 Å². The highest BCUT2D eigenvalue weighted by atomic mass is 32.1. The van der Waals surface area contributed by atoms with E-state index in [9.17, 15) is 23.2 Å². The molecule has 3 rings (SSSR count). The first-order chi connectivity index (χ1) is 18.6. The Hall–Kier alpha value is -3.80. The summed E-state index contributed by atoms with van der Waals surface area (Å²) in [5, 5.41) is 20.6. The summed E-state index contributed by atoms with van der Waals surface area (Å²) in [4.78, 5) is 27.8. The molecule has 0 aliphatic heterocycles. The third kappa shape index (κ3) is 7.85. The number of nitriles is 1. The lowest BCUT2D eigenvalue weighted by atomic mass is 10.1. The van der Waals surface area contributed by atoms with Crippen molar-refractivity contribution in [3.63, 3.8) is 0 Å². The molecule has 0 aliphatic rings. The summed E-state index contributed by atoms with van der Waals surface area (Å²) < 4.78 is 41.7.